The quantitative estimate of drug-likeness (QED) is 0.449. The van der Waals surface area contributed by atoms with Crippen molar-refractivity contribution in [3.05, 3.63) is 83.0 Å². The van der Waals surface area contributed by atoms with E-state index in [4.69, 9.17) is 4.74 Å². The van der Waals surface area contributed by atoms with Gasteiger partial charge < -0.3 is 10.1 Å². The van der Waals surface area contributed by atoms with E-state index in [1.807, 2.05) is 37.4 Å². The van der Waals surface area contributed by atoms with E-state index in [2.05, 4.69) is 66.6 Å². The third kappa shape index (κ3) is 5.23. The molecule has 3 aromatic rings. The van der Waals surface area contributed by atoms with Crippen molar-refractivity contribution in [1.82, 2.24) is 4.98 Å². The van der Waals surface area contributed by atoms with Crippen molar-refractivity contribution in [2.75, 3.05) is 11.9 Å². The number of rotatable bonds is 8. The van der Waals surface area contributed by atoms with Crippen molar-refractivity contribution in [3.8, 4) is 5.75 Å². The van der Waals surface area contributed by atoms with Crippen molar-refractivity contribution in [2.45, 2.75) is 33.6 Å². The summed E-state index contributed by atoms with van der Waals surface area (Å²) in [6.45, 7) is 7.04. The minimum atomic E-state index is 0.717. The van der Waals surface area contributed by atoms with Gasteiger partial charge in [-0.2, -0.15) is 0 Å². The second-order valence-electron chi connectivity index (χ2n) is 6.84. The maximum atomic E-state index is 6.01. The lowest BCUT2D eigenvalue weighted by Crippen LogP contribution is -2.02. The molecule has 1 aromatic heterocycles. The normalized spacial score (nSPS) is 11.0. The molecule has 0 radical (unpaired) electrons. The van der Waals surface area contributed by atoms with Crippen LogP contribution in [0.4, 0.5) is 11.5 Å². The Kier molecular flexibility index (Phi) is 6.85. The van der Waals surface area contributed by atoms with E-state index >= 15 is 0 Å². The zero-order valence-electron chi connectivity index (χ0n) is 16.9. The Morgan fingerprint density at radius 2 is 1.82 bits per heavy atom. The molecular formula is C25H28N2O. The third-order valence-corrected chi connectivity index (χ3v) is 4.50. The van der Waals surface area contributed by atoms with E-state index in [0.717, 1.165) is 41.2 Å². The second kappa shape index (κ2) is 9.75. The summed E-state index contributed by atoms with van der Waals surface area (Å²) in [5.41, 5.74) is 5.64. The molecule has 1 heterocycles. The Morgan fingerprint density at radius 1 is 1.00 bits per heavy atom. The van der Waals surface area contributed by atoms with Crippen molar-refractivity contribution in [1.29, 1.82) is 0 Å². The van der Waals surface area contributed by atoms with E-state index in [0.29, 0.717) is 6.61 Å². The summed E-state index contributed by atoms with van der Waals surface area (Å²) in [5, 5.41) is 3.46. The average Bonchev–Trinajstić information content (AvgIpc) is 2.73. The summed E-state index contributed by atoms with van der Waals surface area (Å²) in [6.07, 6.45) is 8.07. The van der Waals surface area contributed by atoms with Crippen LogP contribution >= 0.6 is 0 Å². The van der Waals surface area contributed by atoms with Crippen molar-refractivity contribution < 1.29 is 4.74 Å². The summed E-state index contributed by atoms with van der Waals surface area (Å²) in [6, 6.07) is 18.7. The molecule has 0 bridgehead atoms. The predicted molar refractivity (Wildman–Crippen MR) is 119 cm³/mol. The minimum Gasteiger partial charge on any atom is -0.493 e. The first-order valence-electron chi connectivity index (χ1n) is 9.92. The van der Waals surface area contributed by atoms with Gasteiger partial charge in [0.2, 0.25) is 0 Å². The fourth-order valence-electron chi connectivity index (χ4n) is 2.94. The molecule has 0 atom stereocenters. The predicted octanol–water partition coefficient (Wildman–Crippen LogP) is 6.66. The fourth-order valence-corrected chi connectivity index (χ4v) is 2.94. The van der Waals surface area contributed by atoms with Crippen molar-refractivity contribution >= 4 is 23.7 Å². The summed E-state index contributed by atoms with van der Waals surface area (Å²) in [7, 11) is 0. The first kappa shape index (κ1) is 19.7. The molecule has 2 aromatic carbocycles. The molecule has 0 amide bonds. The average molecular weight is 373 g/mol. The third-order valence-electron chi connectivity index (χ3n) is 4.50. The molecular weight excluding hydrogens is 344 g/mol. The topological polar surface area (TPSA) is 34.1 Å². The summed E-state index contributed by atoms with van der Waals surface area (Å²) in [4.78, 5) is 4.49. The number of nitrogens with one attached hydrogen (secondary N) is 1. The molecule has 3 rings (SSSR count). The number of aryl methyl sites for hydroxylation is 2. The highest BCUT2D eigenvalue weighted by atomic mass is 16.5. The SMILES string of the molecule is CCCOc1cc(Nc2ccc(C)cn2)c(/C=C/c2ccccc2)cc1CC. The van der Waals surface area contributed by atoms with Crippen molar-refractivity contribution in [3.63, 3.8) is 0 Å². The molecule has 0 saturated carbocycles. The van der Waals surface area contributed by atoms with Gasteiger partial charge in [-0.15, -0.1) is 0 Å². The number of pyridine rings is 1. The number of ether oxygens (including phenoxy) is 1. The van der Waals surface area contributed by atoms with E-state index in [9.17, 15) is 0 Å². The van der Waals surface area contributed by atoms with E-state index in [1.54, 1.807) is 0 Å². The standard InChI is InChI=1S/C25H28N2O/c1-4-15-28-24-17-23(27-25-14-11-19(3)18-26-25)22(16-21(24)5-2)13-12-20-9-7-6-8-10-20/h6-14,16-18H,4-5,15H2,1-3H3,(H,26,27)/b13-12+. The molecule has 144 valence electrons. The lowest BCUT2D eigenvalue weighted by molar-refractivity contribution is 0.314. The minimum absolute atomic E-state index is 0.717. The number of aromatic nitrogens is 1. The monoisotopic (exact) mass is 372 g/mol. The summed E-state index contributed by atoms with van der Waals surface area (Å²) >= 11 is 0. The van der Waals surface area contributed by atoms with E-state index in [1.165, 1.54) is 11.1 Å². The molecule has 0 aliphatic rings. The van der Waals surface area contributed by atoms with Gasteiger partial charge in [0.25, 0.3) is 0 Å². The first-order chi connectivity index (χ1) is 13.7. The Labute approximate surface area is 168 Å². The summed E-state index contributed by atoms with van der Waals surface area (Å²) in [5.74, 6) is 1.77. The maximum Gasteiger partial charge on any atom is 0.130 e. The van der Waals surface area contributed by atoms with Gasteiger partial charge >= 0.3 is 0 Å². The Balaban J connectivity index is 1.98. The largest absolute Gasteiger partial charge is 0.493 e. The molecule has 3 nitrogen and oxygen atoms in total. The molecule has 0 fully saturated rings. The highest BCUT2D eigenvalue weighted by Crippen LogP contribution is 2.31. The van der Waals surface area contributed by atoms with Crippen LogP contribution in [-0.2, 0) is 6.42 Å². The number of hydrogen-bond acceptors (Lipinski definition) is 3. The second-order valence-corrected chi connectivity index (χ2v) is 6.84. The van der Waals surface area contributed by atoms with E-state index < -0.39 is 0 Å². The van der Waals surface area contributed by atoms with Gasteiger partial charge in [0.05, 0.1) is 12.3 Å². The van der Waals surface area contributed by atoms with Gasteiger partial charge in [-0.25, -0.2) is 4.98 Å². The van der Waals surface area contributed by atoms with Gasteiger partial charge in [0.1, 0.15) is 11.6 Å². The molecule has 0 unspecified atom stereocenters. The van der Waals surface area contributed by atoms with Crippen LogP contribution in [0.5, 0.6) is 5.75 Å². The van der Waals surface area contributed by atoms with Crippen molar-refractivity contribution in [2.24, 2.45) is 0 Å². The smallest absolute Gasteiger partial charge is 0.130 e. The highest BCUT2D eigenvalue weighted by Gasteiger charge is 2.10. The number of nitrogens with zero attached hydrogens (tertiary/aromatic N) is 1. The first-order valence-corrected chi connectivity index (χ1v) is 9.92. The number of hydrogen-bond donors (Lipinski definition) is 1. The van der Waals surface area contributed by atoms with Crippen LogP contribution in [0.15, 0.2) is 60.8 Å². The van der Waals surface area contributed by atoms with Gasteiger partial charge in [0.15, 0.2) is 0 Å². The molecule has 0 aliphatic carbocycles. The van der Waals surface area contributed by atoms with Crippen LogP contribution in [-0.4, -0.2) is 11.6 Å². The van der Waals surface area contributed by atoms with E-state index in [-0.39, 0.29) is 0 Å². The molecule has 0 saturated heterocycles. The Bertz CT molecular complexity index is 915. The zero-order valence-corrected chi connectivity index (χ0v) is 16.9. The zero-order chi connectivity index (χ0) is 19.8. The van der Waals surface area contributed by atoms with Gasteiger partial charge in [0, 0.05) is 12.3 Å². The Morgan fingerprint density at radius 3 is 2.50 bits per heavy atom. The summed E-state index contributed by atoms with van der Waals surface area (Å²) < 4.78 is 6.01. The van der Waals surface area contributed by atoms with Crippen LogP contribution in [0.2, 0.25) is 0 Å². The maximum absolute atomic E-state index is 6.01. The van der Waals surface area contributed by atoms with Crippen LogP contribution < -0.4 is 10.1 Å². The molecule has 28 heavy (non-hydrogen) atoms. The highest BCUT2D eigenvalue weighted by molar-refractivity contribution is 5.80. The van der Waals surface area contributed by atoms with Gasteiger partial charge in [-0.3, -0.25) is 0 Å². The molecule has 0 aliphatic heterocycles. The molecule has 0 spiro atoms. The molecule has 1 N–H and O–H groups in total. The lowest BCUT2D eigenvalue weighted by atomic mass is 10.0. The fraction of sp³-hybridized carbons (Fsp3) is 0.240. The number of benzene rings is 2. The lowest BCUT2D eigenvalue weighted by Gasteiger charge is -2.16. The van der Waals surface area contributed by atoms with Crippen LogP contribution in [0.1, 0.15) is 42.5 Å². The molecule has 3 heteroatoms. The van der Waals surface area contributed by atoms with Crippen LogP contribution in [0, 0.1) is 6.92 Å². The van der Waals surface area contributed by atoms with Crippen LogP contribution in [0.3, 0.4) is 0 Å². The Hall–Kier alpha value is -3.07. The number of anilines is 2. The van der Waals surface area contributed by atoms with Gasteiger partial charge in [-0.1, -0.05) is 62.4 Å². The van der Waals surface area contributed by atoms with Gasteiger partial charge in [-0.05, 0) is 54.2 Å². The van der Waals surface area contributed by atoms with Crippen LogP contribution in [0.25, 0.3) is 12.2 Å².